The van der Waals surface area contributed by atoms with Crippen LogP contribution in [0.4, 0.5) is 0 Å². The monoisotopic (exact) mass is 516 g/mol. The minimum atomic E-state index is -0.372. The molecule has 0 aromatic heterocycles. The summed E-state index contributed by atoms with van der Waals surface area (Å²) >= 11 is 0. The van der Waals surface area contributed by atoms with Crippen molar-refractivity contribution in [1.82, 2.24) is 15.5 Å². The molecule has 37 heavy (non-hydrogen) atoms. The van der Waals surface area contributed by atoms with E-state index < -0.39 is 0 Å². The Bertz CT molecular complexity index is 947. The molecule has 10 heteroatoms. The van der Waals surface area contributed by atoms with E-state index in [9.17, 15) is 30.0 Å². The molecular formula is C27H40N4O6. The fourth-order valence-corrected chi connectivity index (χ4v) is 3.85. The minimum absolute atomic E-state index is 0.0727. The molecule has 0 fully saturated rings. The van der Waals surface area contributed by atoms with Crippen LogP contribution in [0.1, 0.15) is 66.2 Å². The molecule has 0 aliphatic carbocycles. The van der Waals surface area contributed by atoms with Gasteiger partial charge >= 0.3 is 0 Å². The molecule has 0 radical (unpaired) electrons. The number of carbonyl (C=O) groups excluding carboxylic acids is 2. The molecule has 2 amide bonds. The van der Waals surface area contributed by atoms with E-state index >= 15 is 0 Å². The van der Waals surface area contributed by atoms with Crippen LogP contribution >= 0.6 is 0 Å². The zero-order chi connectivity index (χ0) is 27.2. The summed E-state index contributed by atoms with van der Waals surface area (Å²) < 4.78 is 0. The number of rotatable bonds is 16. The number of aromatic hydroxyl groups is 4. The van der Waals surface area contributed by atoms with Gasteiger partial charge in [0.1, 0.15) is 0 Å². The number of phenolic OH excluding ortho intramolecular Hbond substituents is 4. The molecule has 0 bridgehead atoms. The molecule has 0 saturated carbocycles. The number of nitrogens with zero attached hydrogens (tertiary/aromatic N) is 1. The molecule has 1 atom stereocenters. The summed E-state index contributed by atoms with van der Waals surface area (Å²) in [5, 5.41) is 43.7. The third-order valence-corrected chi connectivity index (χ3v) is 6.15. The zero-order valence-electron chi connectivity index (χ0n) is 21.4. The van der Waals surface area contributed by atoms with Crippen molar-refractivity contribution < 1.29 is 30.0 Å². The lowest BCUT2D eigenvalue weighted by Gasteiger charge is -2.24. The highest BCUT2D eigenvalue weighted by Crippen LogP contribution is 2.25. The maximum atomic E-state index is 12.4. The molecule has 8 N–H and O–H groups in total. The summed E-state index contributed by atoms with van der Waals surface area (Å²) in [6.07, 6.45) is 6.39. The van der Waals surface area contributed by atoms with Crippen molar-refractivity contribution in [2.45, 2.75) is 51.5 Å². The molecule has 0 aliphatic rings. The van der Waals surface area contributed by atoms with E-state index in [-0.39, 0.29) is 52.0 Å². The summed E-state index contributed by atoms with van der Waals surface area (Å²) in [5.41, 5.74) is 6.78. The van der Waals surface area contributed by atoms with Crippen molar-refractivity contribution in [2.75, 3.05) is 32.7 Å². The maximum absolute atomic E-state index is 12.4. The zero-order valence-corrected chi connectivity index (χ0v) is 21.4. The average molecular weight is 517 g/mol. The Balaban J connectivity index is 1.87. The fraction of sp³-hybridized carbons (Fsp3) is 0.481. The van der Waals surface area contributed by atoms with Gasteiger partial charge in [-0.2, -0.15) is 0 Å². The van der Waals surface area contributed by atoms with Gasteiger partial charge in [0, 0.05) is 43.3 Å². The van der Waals surface area contributed by atoms with Crippen molar-refractivity contribution >= 4 is 11.8 Å². The van der Waals surface area contributed by atoms with Crippen LogP contribution in [0, 0.1) is 0 Å². The highest BCUT2D eigenvalue weighted by Gasteiger charge is 2.13. The SMILES string of the molecule is CCCCCCC(N)CCN(CCNC(=O)c1ccc(O)c(O)c1)CCNC(=O)c1ccc(O)c(O)c1. The molecule has 2 aromatic rings. The second-order valence-corrected chi connectivity index (χ2v) is 9.16. The van der Waals surface area contributed by atoms with E-state index in [2.05, 4.69) is 22.5 Å². The van der Waals surface area contributed by atoms with Gasteiger partial charge in [-0.3, -0.25) is 14.5 Å². The van der Waals surface area contributed by atoms with E-state index in [4.69, 9.17) is 5.73 Å². The van der Waals surface area contributed by atoms with Crippen LogP contribution < -0.4 is 16.4 Å². The van der Waals surface area contributed by atoms with Gasteiger partial charge in [0.05, 0.1) is 0 Å². The minimum Gasteiger partial charge on any atom is -0.504 e. The topological polar surface area (TPSA) is 168 Å². The molecular weight excluding hydrogens is 476 g/mol. The number of phenols is 4. The second kappa shape index (κ2) is 15.6. The largest absolute Gasteiger partial charge is 0.504 e. The van der Waals surface area contributed by atoms with Crippen molar-refractivity contribution in [3.05, 3.63) is 47.5 Å². The Kier molecular flexibility index (Phi) is 12.5. The van der Waals surface area contributed by atoms with Crippen LogP contribution in [0.5, 0.6) is 23.0 Å². The standard InChI is InChI=1S/C27H40N4O6/c1-2-3-4-5-6-21(28)11-14-31(15-12-29-26(36)19-7-9-22(32)24(34)17-19)16-13-30-27(37)20-8-10-23(33)25(35)18-20/h7-10,17-18,21,32-35H,2-6,11-16,28H2,1H3,(H,29,36)(H,30,37). The summed E-state index contributed by atoms with van der Waals surface area (Å²) in [7, 11) is 0. The van der Waals surface area contributed by atoms with Crippen molar-refractivity contribution in [1.29, 1.82) is 0 Å². The van der Waals surface area contributed by atoms with Gasteiger partial charge in [-0.15, -0.1) is 0 Å². The highest BCUT2D eigenvalue weighted by atomic mass is 16.3. The lowest BCUT2D eigenvalue weighted by molar-refractivity contribution is 0.0947. The highest BCUT2D eigenvalue weighted by molar-refractivity contribution is 5.95. The first-order valence-corrected chi connectivity index (χ1v) is 12.8. The quantitative estimate of drug-likeness (QED) is 0.132. The Hall–Kier alpha value is -3.50. The maximum Gasteiger partial charge on any atom is 0.251 e. The second-order valence-electron chi connectivity index (χ2n) is 9.16. The summed E-state index contributed by atoms with van der Waals surface area (Å²) in [6.45, 7) is 4.59. The van der Waals surface area contributed by atoms with Gasteiger partial charge < -0.3 is 36.8 Å². The molecule has 204 valence electrons. The van der Waals surface area contributed by atoms with Crippen LogP contribution in [0.15, 0.2) is 36.4 Å². The van der Waals surface area contributed by atoms with Crippen LogP contribution in [-0.4, -0.2) is 75.9 Å². The number of amides is 2. The van der Waals surface area contributed by atoms with Gasteiger partial charge in [0.15, 0.2) is 23.0 Å². The molecule has 0 heterocycles. The number of benzene rings is 2. The summed E-state index contributed by atoms with van der Waals surface area (Å²) in [4.78, 5) is 26.9. The predicted molar refractivity (Wildman–Crippen MR) is 142 cm³/mol. The lowest BCUT2D eigenvalue weighted by atomic mass is 10.1. The normalized spacial score (nSPS) is 11.9. The van der Waals surface area contributed by atoms with Crippen molar-refractivity contribution in [3.8, 4) is 23.0 Å². The predicted octanol–water partition coefficient (Wildman–Crippen LogP) is 2.66. The summed E-state index contributed by atoms with van der Waals surface area (Å²) in [5.74, 6) is -2.05. The number of hydrogen-bond acceptors (Lipinski definition) is 8. The molecule has 2 aromatic carbocycles. The molecule has 10 nitrogen and oxygen atoms in total. The Morgan fingerprint density at radius 1 is 0.757 bits per heavy atom. The van der Waals surface area contributed by atoms with Crippen LogP contribution in [-0.2, 0) is 0 Å². The van der Waals surface area contributed by atoms with Gasteiger partial charge in [0.2, 0.25) is 0 Å². The van der Waals surface area contributed by atoms with Crippen molar-refractivity contribution in [3.63, 3.8) is 0 Å². The lowest BCUT2D eigenvalue weighted by Crippen LogP contribution is -2.41. The first-order chi connectivity index (χ1) is 17.7. The van der Waals surface area contributed by atoms with E-state index in [1.165, 1.54) is 55.7 Å². The van der Waals surface area contributed by atoms with Gasteiger partial charge in [-0.25, -0.2) is 0 Å². The number of hydrogen-bond donors (Lipinski definition) is 7. The van der Waals surface area contributed by atoms with Crippen LogP contribution in [0.25, 0.3) is 0 Å². The van der Waals surface area contributed by atoms with E-state index in [1.54, 1.807) is 0 Å². The molecule has 0 aliphatic heterocycles. The van der Waals surface area contributed by atoms with E-state index in [0.29, 0.717) is 32.7 Å². The first-order valence-electron chi connectivity index (χ1n) is 12.8. The van der Waals surface area contributed by atoms with Gasteiger partial charge in [-0.05, 0) is 55.8 Å². The van der Waals surface area contributed by atoms with Crippen molar-refractivity contribution in [2.24, 2.45) is 5.73 Å². The first kappa shape index (κ1) is 29.7. The Labute approximate surface area is 218 Å². The number of carbonyl (C=O) groups is 2. The number of nitrogens with two attached hydrogens (primary N) is 1. The third kappa shape index (κ3) is 10.6. The number of unbranched alkanes of at least 4 members (excludes halogenated alkanes) is 3. The van der Waals surface area contributed by atoms with Gasteiger partial charge in [0.25, 0.3) is 11.8 Å². The number of nitrogens with one attached hydrogen (secondary N) is 2. The van der Waals surface area contributed by atoms with Crippen LogP contribution in [0.2, 0.25) is 0 Å². The molecule has 0 spiro atoms. The molecule has 1 unspecified atom stereocenters. The Morgan fingerprint density at radius 2 is 1.27 bits per heavy atom. The third-order valence-electron chi connectivity index (χ3n) is 6.15. The average Bonchev–Trinajstić information content (AvgIpc) is 2.87. The summed E-state index contributed by atoms with van der Waals surface area (Å²) in [6, 6.07) is 7.85. The van der Waals surface area contributed by atoms with Gasteiger partial charge in [-0.1, -0.05) is 32.6 Å². The fourth-order valence-electron chi connectivity index (χ4n) is 3.85. The smallest absolute Gasteiger partial charge is 0.251 e. The van der Waals surface area contributed by atoms with Crippen LogP contribution in [0.3, 0.4) is 0 Å². The van der Waals surface area contributed by atoms with E-state index in [1.807, 2.05) is 0 Å². The molecule has 2 rings (SSSR count). The Morgan fingerprint density at radius 3 is 1.73 bits per heavy atom. The molecule has 0 saturated heterocycles. The van der Waals surface area contributed by atoms with E-state index in [0.717, 1.165) is 19.3 Å².